The van der Waals surface area contributed by atoms with E-state index < -0.39 is 5.97 Å². The summed E-state index contributed by atoms with van der Waals surface area (Å²) >= 11 is 0. The van der Waals surface area contributed by atoms with E-state index in [0.29, 0.717) is 5.92 Å². The number of rotatable bonds is 8. The second kappa shape index (κ2) is 13.0. The van der Waals surface area contributed by atoms with E-state index in [1.807, 2.05) is 12.1 Å². The molecular weight excluding hydrogens is 308 g/mol. The fraction of sp³-hybridized carbons (Fsp3) is 0.348. The van der Waals surface area contributed by atoms with Crippen molar-refractivity contribution in [1.29, 1.82) is 0 Å². The average molecular weight is 338 g/mol. The lowest BCUT2D eigenvalue weighted by atomic mass is 9.96. The maximum absolute atomic E-state index is 10.2. The number of allylic oxidation sites excluding steroid dienone is 1. The topological polar surface area (TPSA) is 37.3 Å². The summed E-state index contributed by atoms with van der Waals surface area (Å²) in [7, 11) is 0. The average Bonchev–Trinajstić information content (AvgIpc) is 2.66. The van der Waals surface area contributed by atoms with Gasteiger partial charge in [0.1, 0.15) is 0 Å². The molecule has 2 rings (SSSR count). The van der Waals surface area contributed by atoms with Crippen LogP contribution in [0.15, 0.2) is 72.8 Å². The first kappa shape index (κ1) is 20.7. The quantitative estimate of drug-likeness (QED) is 0.551. The molecule has 2 aromatic carbocycles. The zero-order valence-corrected chi connectivity index (χ0v) is 15.4. The fourth-order valence-corrected chi connectivity index (χ4v) is 2.60. The molecular formula is C23H30O2. The van der Waals surface area contributed by atoms with Crippen molar-refractivity contribution in [3.8, 4) is 11.1 Å². The van der Waals surface area contributed by atoms with Gasteiger partial charge in [-0.1, -0.05) is 106 Å². The third-order valence-electron chi connectivity index (χ3n) is 4.15. The third kappa shape index (κ3) is 9.51. The van der Waals surface area contributed by atoms with Gasteiger partial charge in [-0.3, -0.25) is 0 Å². The monoisotopic (exact) mass is 338 g/mol. The summed E-state index contributed by atoms with van der Waals surface area (Å²) in [5, 5.41) is 8.39. The zero-order chi connectivity index (χ0) is 18.3. The van der Waals surface area contributed by atoms with Gasteiger partial charge in [0.05, 0.1) is 0 Å². The van der Waals surface area contributed by atoms with Crippen LogP contribution in [0.1, 0.15) is 46.0 Å². The van der Waals surface area contributed by atoms with Crippen molar-refractivity contribution in [2.45, 2.75) is 46.0 Å². The molecule has 2 nitrogen and oxygen atoms in total. The Bertz CT molecular complexity index is 565. The van der Waals surface area contributed by atoms with E-state index in [-0.39, 0.29) is 0 Å². The minimum absolute atomic E-state index is 0.663. The number of hydrogen-bond donors (Lipinski definition) is 1. The Balaban J connectivity index is 0.000000250. The maximum Gasteiger partial charge on any atom is 0.327 e. The molecule has 0 spiro atoms. The van der Waals surface area contributed by atoms with Gasteiger partial charge >= 0.3 is 5.97 Å². The highest BCUT2D eigenvalue weighted by Gasteiger charge is 2.02. The van der Waals surface area contributed by atoms with Gasteiger partial charge in [-0.2, -0.15) is 0 Å². The molecule has 0 saturated carbocycles. The molecule has 0 fully saturated rings. The van der Waals surface area contributed by atoms with E-state index in [0.717, 1.165) is 12.8 Å². The molecule has 1 atom stereocenters. The maximum atomic E-state index is 10.2. The highest BCUT2D eigenvalue weighted by atomic mass is 16.4. The molecule has 25 heavy (non-hydrogen) atoms. The molecule has 2 heteroatoms. The van der Waals surface area contributed by atoms with Crippen molar-refractivity contribution in [1.82, 2.24) is 0 Å². The predicted molar refractivity (Wildman–Crippen MR) is 107 cm³/mol. The molecule has 0 bridgehead atoms. The molecule has 1 unspecified atom stereocenters. The molecule has 134 valence electrons. The molecule has 0 radical (unpaired) electrons. The standard InChI is InChI=1S/C12H10.C11H20O2/c1-3-7-11(8-4-1)12-9-5-2-6-10-12;1-3-5-7-10(4-2)8-6-9-11(12)13/h1-10H;6,9-10H,3-5,7-8H2,1-2H3,(H,12,13). The van der Waals surface area contributed by atoms with Gasteiger partial charge in [0.15, 0.2) is 0 Å². The Morgan fingerprint density at radius 1 is 0.960 bits per heavy atom. The Morgan fingerprint density at radius 3 is 1.88 bits per heavy atom. The lowest BCUT2D eigenvalue weighted by Crippen LogP contribution is -1.97. The molecule has 0 aliphatic rings. The van der Waals surface area contributed by atoms with Gasteiger partial charge in [-0.15, -0.1) is 0 Å². The predicted octanol–water partition coefficient (Wildman–Crippen LogP) is 6.59. The van der Waals surface area contributed by atoms with Gasteiger partial charge < -0.3 is 5.11 Å². The second-order valence-electron chi connectivity index (χ2n) is 6.12. The van der Waals surface area contributed by atoms with Gasteiger partial charge in [-0.25, -0.2) is 4.79 Å². The minimum Gasteiger partial charge on any atom is -0.478 e. The van der Waals surface area contributed by atoms with E-state index in [1.165, 1.54) is 36.5 Å². The van der Waals surface area contributed by atoms with Crippen LogP contribution in [-0.4, -0.2) is 11.1 Å². The summed E-state index contributed by atoms with van der Waals surface area (Å²) in [4.78, 5) is 10.2. The largest absolute Gasteiger partial charge is 0.478 e. The number of aliphatic carboxylic acids is 1. The van der Waals surface area contributed by atoms with Crippen LogP contribution < -0.4 is 0 Å². The van der Waals surface area contributed by atoms with E-state index in [9.17, 15) is 4.79 Å². The first-order valence-electron chi connectivity index (χ1n) is 9.17. The van der Waals surface area contributed by atoms with Crippen molar-refractivity contribution in [3.63, 3.8) is 0 Å². The molecule has 2 aromatic rings. The lowest BCUT2D eigenvalue weighted by Gasteiger charge is -2.10. The van der Waals surface area contributed by atoms with Crippen molar-refractivity contribution >= 4 is 5.97 Å². The summed E-state index contributed by atoms with van der Waals surface area (Å²) in [5.41, 5.74) is 2.55. The smallest absolute Gasteiger partial charge is 0.327 e. The van der Waals surface area contributed by atoms with Gasteiger partial charge in [-0.05, 0) is 23.5 Å². The molecule has 0 heterocycles. The van der Waals surface area contributed by atoms with Crippen molar-refractivity contribution in [2.24, 2.45) is 5.92 Å². The number of carboxylic acid groups (broad SMARTS) is 1. The number of carboxylic acids is 1. The summed E-state index contributed by atoms with van der Waals surface area (Å²) in [6.07, 6.45) is 8.75. The summed E-state index contributed by atoms with van der Waals surface area (Å²) in [6.45, 7) is 4.34. The highest BCUT2D eigenvalue weighted by molar-refractivity contribution is 5.79. The molecule has 0 aliphatic carbocycles. The van der Waals surface area contributed by atoms with E-state index in [1.54, 1.807) is 6.08 Å². The molecule has 0 amide bonds. The SMILES string of the molecule is CCCCC(CC)CC=CC(=O)O.c1ccc(-c2ccccc2)cc1. The van der Waals surface area contributed by atoms with E-state index in [4.69, 9.17) is 5.11 Å². The Kier molecular flexibility index (Phi) is 10.8. The van der Waals surface area contributed by atoms with Crippen LogP contribution in [0.2, 0.25) is 0 Å². The third-order valence-corrected chi connectivity index (χ3v) is 4.15. The fourth-order valence-electron chi connectivity index (χ4n) is 2.60. The molecule has 0 saturated heterocycles. The molecule has 1 N–H and O–H groups in total. The van der Waals surface area contributed by atoms with Crippen LogP contribution in [0.25, 0.3) is 11.1 Å². The van der Waals surface area contributed by atoms with Crippen LogP contribution in [0.5, 0.6) is 0 Å². The summed E-state index contributed by atoms with van der Waals surface area (Å²) < 4.78 is 0. The first-order chi connectivity index (χ1) is 12.2. The number of carbonyl (C=O) groups is 1. The van der Waals surface area contributed by atoms with Gasteiger partial charge in [0, 0.05) is 6.08 Å². The number of hydrogen-bond acceptors (Lipinski definition) is 1. The Labute approximate surface area is 152 Å². The van der Waals surface area contributed by atoms with Crippen molar-refractivity contribution in [2.75, 3.05) is 0 Å². The van der Waals surface area contributed by atoms with E-state index in [2.05, 4.69) is 62.4 Å². The Hall–Kier alpha value is -2.35. The normalized spacial score (nSPS) is 11.6. The van der Waals surface area contributed by atoms with Gasteiger partial charge in [0.2, 0.25) is 0 Å². The van der Waals surface area contributed by atoms with Crippen LogP contribution >= 0.6 is 0 Å². The van der Waals surface area contributed by atoms with Gasteiger partial charge in [0.25, 0.3) is 0 Å². The highest BCUT2D eigenvalue weighted by Crippen LogP contribution is 2.17. The summed E-state index contributed by atoms with van der Waals surface area (Å²) in [5.74, 6) is -0.180. The number of benzene rings is 2. The lowest BCUT2D eigenvalue weighted by molar-refractivity contribution is -0.131. The minimum atomic E-state index is -0.842. The van der Waals surface area contributed by atoms with Crippen molar-refractivity contribution in [3.05, 3.63) is 72.8 Å². The molecule has 0 aliphatic heterocycles. The number of unbranched alkanes of at least 4 members (excludes halogenated alkanes) is 1. The van der Waals surface area contributed by atoms with Crippen molar-refractivity contribution < 1.29 is 9.90 Å². The zero-order valence-electron chi connectivity index (χ0n) is 15.4. The van der Waals surface area contributed by atoms with Crippen LogP contribution in [0.4, 0.5) is 0 Å². The summed E-state index contributed by atoms with van der Waals surface area (Å²) in [6, 6.07) is 20.8. The van der Waals surface area contributed by atoms with E-state index >= 15 is 0 Å². The second-order valence-corrected chi connectivity index (χ2v) is 6.12. The first-order valence-corrected chi connectivity index (χ1v) is 9.17. The molecule has 0 aromatic heterocycles. The van der Waals surface area contributed by atoms with Crippen LogP contribution in [0, 0.1) is 5.92 Å². The van der Waals surface area contributed by atoms with Crippen LogP contribution in [0.3, 0.4) is 0 Å². The Morgan fingerprint density at radius 2 is 1.48 bits per heavy atom. The van der Waals surface area contributed by atoms with Crippen LogP contribution in [-0.2, 0) is 4.79 Å².